The molecule has 0 aliphatic rings. The molecule has 0 unspecified atom stereocenters. The van der Waals surface area contributed by atoms with E-state index in [1.165, 1.54) is 15.6 Å². The van der Waals surface area contributed by atoms with Crippen LogP contribution in [0.5, 0.6) is 5.75 Å². The predicted molar refractivity (Wildman–Crippen MR) is 109 cm³/mol. The highest BCUT2D eigenvalue weighted by Gasteiger charge is 2.09. The lowest BCUT2D eigenvalue weighted by atomic mass is 10.1. The largest absolute Gasteiger partial charge is 0.497 e. The summed E-state index contributed by atoms with van der Waals surface area (Å²) in [6.45, 7) is 0.610. The molecule has 0 fully saturated rings. The second kappa shape index (κ2) is 8.22. The number of aromatic nitrogens is 3. The molecule has 4 rings (SSSR count). The monoisotopic (exact) mass is 392 g/mol. The van der Waals surface area contributed by atoms with Gasteiger partial charge in [0.15, 0.2) is 0 Å². The van der Waals surface area contributed by atoms with Gasteiger partial charge in [-0.2, -0.15) is 0 Å². The molecule has 0 saturated carbocycles. The van der Waals surface area contributed by atoms with Gasteiger partial charge in [0.05, 0.1) is 12.8 Å². The van der Waals surface area contributed by atoms with Crippen LogP contribution in [0, 0.1) is 0 Å². The van der Waals surface area contributed by atoms with Crippen molar-refractivity contribution in [2.75, 3.05) is 7.11 Å². The average Bonchev–Trinajstić information content (AvgIpc) is 3.34. The maximum Gasteiger partial charge on any atom is 0.242 e. The number of amides is 1. The maximum atomic E-state index is 12.2. The van der Waals surface area contributed by atoms with Gasteiger partial charge in [-0.1, -0.05) is 35.5 Å². The van der Waals surface area contributed by atoms with E-state index in [9.17, 15) is 4.79 Å². The van der Waals surface area contributed by atoms with Crippen molar-refractivity contribution in [3.05, 3.63) is 76.9 Å². The van der Waals surface area contributed by atoms with Crippen molar-refractivity contribution < 1.29 is 9.53 Å². The Bertz CT molecular complexity index is 1090. The molecule has 7 heteroatoms. The number of hydrogen-bond donors (Lipinski definition) is 1. The molecular weight excluding hydrogens is 372 g/mol. The highest BCUT2D eigenvalue weighted by atomic mass is 32.1. The summed E-state index contributed by atoms with van der Waals surface area (Å²) in [7, 11) is 1.63. The molecule has 0 bridgehead atoms. The zero-order valence-corrected chi connectivity index (χ0v) is 16.3. The molecule has 28 heavy (non-hydrogen) atoms. The Morgan fingerprint density at radius 3 is 2.82 bits per heavy atom. The summed E-state index contributed by atoms with van der Waals surface area (Å²) in [5, 5.41) is 14.6. The first kappa shape index (κ1) is 18.2. The van der Waals surface area contributed by atoms with Crippen LogP contribution >= 0.6 is 11.3 Å². The number of carbonyl (C=O) groups is 1. The van der Waals surface area contributed by atoms with Crippen molar-refractivity contribution in [1.82, 2.24) is 20.3 Å². The van der Waals surface area contributed by atoms with Crippen molar-refractivity contribution >= 4 is 27.3 Å². The Morgan fingerprint density at radius 2 is 2.00 bits per heavy atom. The van der Waals surface area contributed by atoms with E-state index < -0.39 is 0 Å². The Labute approximate surface area is 166 Å². The summed E-state index contributed by atoms with van der Waals surface area (Å²) >= 11 is 1.73. The molecule has 0 spiro atoms. The van der Waals surface area contributed by atoms with Gasteiger partial charge in [0, 0.05) is 23.9 Å². The topological polar surface area (TPSA) is 69.0 Å². The summed E-state index contributed by atoms with van der Waals surface area (Å²) in [6.07, 6.45) is 2.54. The van der Waals surface area contributed by atoms with E-state index in [1.807, 2.05) is 42.6 Å². The molecule has 0 saturated heterocycles. The molecule has 2 heterocycles. The van der Waals surface area contributed by atoms with Gasteiger partial charge in [0.2, 0.25) is 5.91 Å². The van der Waals surface area contributed by atoms with Gasteiger partial charge in [-0.3, -0.25) is 4.79 Å². The summed E-state index contributed by atoms with van der Waals surface area (Å²) < 4.78 is 7.97. The number of nitrogens with one attached hydrogen (secondary N) is 1. The highest BCUT2D eigenvalue weighted by Crippen LogP contribution is 2.27. The number of nitrogens with zero attached hydrogens (tertiary/aromatic N) is 3. The molecule has 0 aliphatic carbocycles. The second-order valence-corrected chi connectivity index (χ2v) is 7.38. The number of benzene rings is 2. The molecule has 0 aliphatic heterocycles. The molecule has 2 aromatic carbocycles. The van der Waals surface area contributed by atoms with Gasteiger partial charge >= 0.3 is 0 Å². The number of thiophene rings is 1. The molecule has 4 aromatic rings. The number of hydrogen-bond acceptors (Lipinski definition) is 5. The fourth-order valence-corrected chi connectivity index (χ4v) is 3.97. The van der Waals surface area contributed by atoms with Crippen molar-refractivity contribution in [2.45, 2.75) is 19.5 Å². The van der Waals surface area contributed by atoms with E-state index in [1.54, 1.807) is 23.1 Å². The fraction of sp³-hybridized carbons (Fsp3) is 0.190. The normalized spacial score (nSPS) is 10.9. The third-order valence-corrected chi connectivity index (χ3v) is 5.49. The van der Waals surface area contributed by atoms with E-state index in [-0.39, 0.29) is 12.5 Å². The van der Waals surface area contributed by atoms with Crippen LogP contribution in [0.25, 0.3) is 10.1 Å². The Morgan fingerprint density at radius 1 is 1.18 bits per heavy atom. The Hall–Kier alpha value is -3.19. The van der Waals surface area contributed by atoms with E-state index >= 15 is 0 Å². The Kier molecular flexibility index (Phi) is 5.34. The van der Waals surface area contributed by atoms with Crippen molar-refractivity contribution in [3.63, 3.8) is 0 Å². The van der Waals surface area contributed by atoms with Gasteiger partial charge in [-0.05, 0) is 40.1 Å². The summed E-state index contributed by atoms with van der Waals surface area (Å²) in [5.74, 6) is 0.692. The van der Waals surface area contributed by atoms with Gasteiger partial charge in [0.1, 0.15) is 12.3 Å². The average molecular weight is 392 g/mol. The first-order valence-corrected chi connectivity index (χ1v) is 9.83. The minimum atomic E-state index is -0.103. The van der Waals surface area contributed by atoms with Crippen LogP contribution in [-0.2, 0) is 24.3 Å². The first-order valence-electron chi connectivity index (χ1n) is 8.95. The first-order chi connectivity index (χ1) is 13.7. The standard InChI is InChI=1S/C21H20N4O2S/c1-27-18-8-6-15(7-9-18)11-22-21(26)13-25-12-17(23-24-25)10-16-14-28-20-5-3-2-4-19(16)20/h2-9,12,14H,10-11,13H2,1H3,(H,22,26). The molecule has 0 atom stereocenters. The SMILES string of the molecule is COc1ccc(CNC(=O)Cn2cc(Cc3csc4ccccc34)nn2)cc1. The van der Waals surface area contributed by atoms with Gasteiger partial charge in [-0.15, -0.1) is 16.4 Å². The van der Waals surface area contributed by atoms with Crippen molar-refractivity contribution in [2.24, 2.45) is 0 Å². The molecule has 0 radical (unpaired) electrons. The van der Waals surface area contributed by atoms with Crippen LogP contribution in [0.2, 0.25) is 0 Å². The lowest BCUT2D eigenvalue weighted by Crippen LogP contribution is -2.27. The molecule has 6 nitrogen and oxygen atoms in total. The van der Waals surface area contributed by atoms with Crippen LogP contribution in [-0.4, -0.2) is 28.0 Å². The van der Waals surface area contributed by atoms with E-state index in [4.69, 9.17) is 4.74 Å². The third kappa shape index (κ3) is 4.20. The molecule has 2 aromatic heterocycles. The van der Waals surface area contributed by atoms with Crippen LogP contribution in [0.15, 0.2) is 60.1 Å². The number of fused-ring (bicyclic) bond motifs is 1. The lowest BCUT2D eigenvalue weighted by molar-refractivity contribution is -0.122. The quantitative estimate of drug-likeness (QED) is 0.523. The number of carbonyl (C=O) groups excluding carboxylic acids is 1. The summed E-state index contributed by atoms with van der Waals surface area (Å²) in [4.78, 5) is 12.2. The zero-order valence-electron chi connectivity index (χ0n) is 15.5. The highest BCUT2D eigenvalue weighted by molar-refractivity contribution is 7.17. The smallest absolute Gasteiger partial charge is 0.242 e. The minimum Gasteiger partial charge on any atom is -0.497 e. The summed E-state index contributed by atoms with van der Waals surface area (Å²) in [5.41, 5.74) is 3.10. The van der Waals surface area contributed by atoms with Crippen LogP contribution in [0.3, 0.4) is 0 Å². The number of methoxy groups -OCH3 is 1. The maximum absolute atomic E-state index is 12.2. The lowest BCUT2D eigenvalue weighted by Gasteiger charge is -2.06. The third-order valence-electron chi connectivity index (χ3n) is 4.47. The van der Waals surface area contributed by atoms with E-state index in [0.29, 0.717) is 13.0 Å². The Balaban J connectivity index is 1.33. The summed E-state index contributed by atoms with van der Waals surface area (Å²) in [6, 6.07) is 15.9. The predicted octanol–water partition coefficient (Wildman–Crippen LogP) is 3.41. The van der Waals surface area contributed by atoms with Gasteiger partial charge < -0.3 is 10.1 Å². The van der Waals surface area contributed by atoms with Crippen LogP contribution < -0.4 is 10.1 Å². The number of ether oxygens (including phenoxy) is 1. The van der Waals surface area contributed by atoms with Crippen LogP contribution in [0.4, 0.5) is 0 Å². The van der Waals surface area contributed by atoms with E-state index in [0.717, 1.165) is 17.0 Å². The molecular formula is C21H20N4O2S. The van der Waals surface area contributed by atoms with Crippen molar-refractivity contribution in [1.29, 1.82) is 0 Å². The fourth-order valence-electron chi connectivity index (χ4n) is 3.01. The zero-order chi connectivity index (χ0) is 19.3. The number of rotatable bonds is 7. The molecule has 142 valence electrons. The van der Waals surface area contributed by atoms with Gasteiger partial charge in [0.25, 0.3) is 0 Å². The van der Waals surface area contributed by atoms with Gasteiger partial charge in [-0.25, -0.2) is 4.68 Å². The molecule has 1 amide bonds. The van der Waals surface area contributed by atoms with Crippen molar-refractivity contribution in [3.8, 4) is 5.75 Å². The van der Waals surface area contributed by atoms with Crippen LogP contribution in [0.1, 0.15) is 16.8 Å². The second-order valence-electron chi connectivity index (χ2n) is 6.47. The molecule has 1 N–H and O–H groups in total. The minimum absolute atomic E-state index is 0.103. The van der Waals surface area contributed by atoms with E-state index in [2.05, 4.69) is 33.1 Å².